The molecule has 26 heavy (non-hydrogen) atoms. The van der Waals surface area contributed by atoms with Crippen LogP contribution in [0.25, 0.3) is 0 Å². The number of hydrogen-bond donors (Lipinski definition) is 0. The first-order valence-electron chi connectivity index (χ1n) is 9.93. The number of rotatable bonds is 14. The first-order valence-corrected chi connectivity index (χ1v) is 9.93. The Morgan fingerprint density at radius 1 is 1.00 bits per heavy atom. The highest BCUT2D eigenvalue weighted by molar-refractivity contribution is 5.81. The Hall–Kier alpha value is -1.70. The van der Waals surface area contributed by atoms with Crippen LogP contribution in [0.2, 0.25) is 0 Å². The average molecular weight is 368 g/mol. The van der Waals surface area contributed by atoms with Crippen LogP contribution in [0, 0.1) is 18.3 Å². The molecule has 150 valence electrons. The highest BCUT2D eigenvalue weighted by Crippen LogP contribution is 2.14. The largest absolute Gasteiger partial charge is 0.464 e. The second-order valence-electron chi connectivity index (χ2n) is 7.11. The van der Waals surface area contributed by atoms with Crippen LogP contribution >= 0.6 is 0 Å². The molecule has 0 aromatic heterocycles. The van der Waals surface area contributed by atoms with Gasteiger partial charge in [0.25, 0.3) is 0 Å². The standard InChI is InChI=1S/C21H37NO4/c1-6-8-10-11-12-13-14-16-25-20(23)19(17-18(3)4)22(5)21(24)26-15-9-7-2/h2,18-19H,6,8-17H2,1,3-5H3/t19-/m0/s1. The van der Waals surface area contributed by atoms with Crippen molar-refractivity contribution < 1.29 is 19.1 Å². The van der Waals surface area contributed by atoms with Gasteiger partial charge in [-0.25, -0.2) is 9.59 Å². The quantitative estimate of drug-likeness (QED) is 0.252. The Bertz CT molecular complexity index is 428. The summed E-state index contributed by atoms with van der Waals surface area (Å²) in [5, 5.41) is 0. The van der Waals surface area contributed by atoms with E-state index in [1.807, 2.05) is 13.8 Å². The van der Waals surface area contributed by atoms with Crippen LogP contribution in [-0.2, 0) is 14.3 Å². The number of carbonyl (C=O) groups excluding carboxylic acids is 2. The molecule has 0 saturated carbocycles. The molecule has 0 aliphatic rings. The van der Waals surface area contributed by atoms with E-state index in [2.05, 4.69) is 12.8 Å². The van der Waals surface area contributed by atoms with Gasteiger partial charge >= 0.3 is 12.1 Å². The SMILES string of the molecule is C#CCCOC(=O)N(C)[C@@H](CC(C)C)C(=O)OCCCCCCCCC. The topological polar surface area (TPSA) is 55.8 Å². The summed E-state index contributed by atoms with van der Waals surface area (Å²) in [6.45, 7) is 6.78. The number of ether oxygens (including phenoxy) is 2. The smallest absolute Gasteiger partial charge is 0.410 e. The zero-order chi connectivity index (χ0) is 19.8. The molecule has 1 amide bonds. The van der Waals surface area contributed by atoms with E-state index in [9.17, 15) is 9.59 Å². The van der Waals surface area contributed by atoms with Gasteiger partial charge in [0.15, 0.2) is 0 Å². The molecule has 0 aliphatic carbocycles. The summed E-state index contributed by atoms with van der Waals surface area (Å²) in [5.74, 6) is 2.31. The lowest BCUT2D eigenvalue weighted by Crippen LogP contribution is -2.44. The van der Waals surface area contributed by atoms with Gasteiger partial charge in [-0.3, -0.25) is 4.90 Å². The van der Waals surface area contributed by atoms with Crippen LogP contribution in [0.1, 0.15) is 78.6 Å². The molecule has 0 unspecified atom stereocenters. The third-order valence-corrected chi connectivity index (χ3v) is 4.19. The zero-order valence-corrected chi connectivity index (χ0v) is 17.1. The Labute approximate surface area is 159 Å². The molecule has 0 saturated heterocycles. The summed E-state index contributed by atoms with van der Waals surface area (Å²) in [4.78, 5) is 25.8. The fourth-order valence-electron chi connectivity index (χ4n) is 2.61. The normalized spacial score (nSPS) is 11.7. The van der Waals surface area contributed by atoms with Crippen molar-refractivity contribution in [1.29, 1.82) is 0 Å². The monoisotopic (exact) mass is 367 g/mol. The number of carbonyl (C=O) groups is 2. The number of unbranched alkanes of at least 4 members (excludes halogenated alkanes) is 6. The molecule has 0 rings (SSSR count). The second kappa shape index (κ2) is 15.5. The van der Waals surface area contributed by atoms with E-state index < -0.39 is 12.1 Å². The van der Waals surface area contributed by atoms with Crippen molar-refractivity contribution in [3.05, 3.63) is 0 Å². The molecular weight excluding hydrogens is 330 g/mol. The first-order chi connectivity index (χ1) is 12.4. The molecule has 0 spiro atoms. The molecule has 0 aromatic carbocycles. The van der Waals surface area contributed by atoms with Crippen molar-refractivity contribution in [3.63, 3.8) is 0 Å². The van der Waals surface area contributed by atoms with Crippen LogP contribution in [0.5, 0.6) is 0 Å². The van der Waals surface area contributed by atoms with Gasteiger partial charge in [0.05, 0.1) is 6.61 Å². The molecular formula is C21H37NO4. The lowest BCUT2D eigenvalue weighted by molar-refractivity contribution is -0.149. The summed E-state index contributed by atoms with van der Waals surface area (Å²) in [6.07, 6.45) is 13.7. The summed E-state index contributed by atoms with van der Waals surface area (Å²) in [6, 6.07) is -0.627. The van der Waals surface area contributed by atoms with E-state index in [-0.39, 0.29) is 18.5 Å². The van der Waals surface area contributed by atoms with Crippen molar-refractivity contribution in [2.75, 3.05) is 20.3 Å². The van der Waals surface area contributed by atoms with Crippen molar-refractivity contribution >= 4 is 12.1 Å². The van der Waals surface area contributed by atoms with Gasteiger partial charge in [0.1, 0.15) is 12.6 Å². The average Bonchev–Trinajstić information content (AvgIpc) is 2.61. The van der Waals surface area contributed by atoms with Crippen LogP contribution < -0.4 is 0 Å². The van der Waals surface area contributed by atoms with E-state index in [0.29, 0.717) is 19.4 Å². The van der Waals surface area contributed by atoms with Crippen molar-refractivity contribution in [1.82, 2.24) is 4.90 Å². The van der Waals surface area contributed by atoms with Gasteiger partial charge < -0.3 is 9.47 Å². The lowest BCUT2D eigenvalue weighted by Gasteiger charge is -2.27. The molecule has 0 heterocycles. The van der Waals surface area contributed by atoms with Gasteiger partial charge in [-0.1, -0.05) is 59.3 Å². The highest BCUT2D eigenvalue weighted by atomic mass is 16.6. The molecule has 0 N–H and O–H groups in total. The van der Waals surface area contributed by atoms with Crippen LogP contribution in [0.4, 0.5) is 4.79 Å². The highest BCUT2D eigenvalue weighted by Gasteiger charge is 2.29. The molecule has 5 heteroatoms. The van der Waals surface area contributed by atoms with E-state index in [0.717, 1.165) is 12.8 Å². The molecule has 0 aromatic rings. The minimum Gasteiger partial charge on any atom is -0.464 e. The van der Waals surface area contributed by atoms with E-state index >= 15 is 0 Å². The lowest BCUT2D eigenvalue weighted by atomic mass is 10.0. The predicted octanol–water partition coefficient (Wildman–Crippen LogP) is 4.79. The minimum atomic E-state index is -0.627. The summed E-state index contributed by atoms with van der Waals surface area (Å²) in [5.41, 5.74) is 0. The second-order valence-corrected chi connectivity index (χ2v) is 7.11. The van der Waals surface area contributed by atoms with Crippen molar-refractivity contribution in [3.8, 4) is 12.3 Å². The number of terminal acetylenes is 1. The molecule has 0 fully saturated rings. The van der Waals surface area contributed by atoms with Crippen LogP contribution in [-0.4, -0.2) is 43.3 Å². The number of amides is 1. The molecule has 0 aliphatic heterocycles. The maximum absolute atomic E-state index is 12.4. The van der Waals surface area contributed by atoms with Gasteiger partial charge in [-0.05, 0) is 18.8 Å². The third-order valence-electron chi connectivity index (χ3n) is 4.19. The Balaban J connectivity index is 4.29. The number of nitrogens with zero attached hydrogens (tertiary/aromatic N) is 1. The van der Waals surface area contributed by atoms with Crippen molar-refractivity contribution in [2.24, 2.45) is 5.92 Å². The Morgan fingerprint density at radius 3 is 2.19 bits per heavy atom. The maximum atomic E-state index is 12.4. The van der Waals surface area contributed by atoms with Crippen LogP contribution in [0.15, 0.2) is 0 Å². The van der Waals surface area contributed by atoms with E-state index in [1.54, 1.807) is 7.05 Å². The predicted molar refractivity (Wildman–Crippen MR) is 105 cm³/mol. The molecule has 0 radical (unpaired) electrons. The summed E-state index contributed by atoms with van der Waals surface area (Å²) in [7, 11) is 1.57. The van der Waals surface area contributed by atoms with E-state index in [1.165, 1.54) is 37.0 Å². The van der Waals surface area contributed by atoms with Gasteiger partial charge in [0.2, 0.25) is 0 Å². The van der Waals surface area contributed by atoms with Gasteiger partial charge in [-0.2, -0.15) is 0 Å². The van der Waals surface area contributed by atoms with Gasteiger partial charge in [-0.15, -0.1) is 12.3 Å². The van der Waals surface area contributed by atoms with Crippen molar-refractivity contribution in [2.45, 2.75) is 84.6 Å². The van der Waals surface area contributed by atoms with Gasteiger partial charge in [0, 0.05) is 13.5 Å². The summed E-state index contributed by atoms with van der Waals surface area (Å²) < 4.78 is 10.5. The number of esters is 1. The third kappa shape index (κ3) is 11.8. The number of likely N-dealkylation sites (N-methyl/N-ethyl adjacent to an activating group) is 1. The zero-order valence-electron chi connectivity index (χ0n) is 17.1. The fourth-order valence-corrected chi connectivity index (χ4v) is 2.61. The Kier molecular flexibility index (Phi) is 14.5. The first kappa shape index (κ1) is 24.3. The molecule has 5 nitrogen and oxygen atoms in total. The maximum Gasteiger partial charge on any atom is 0.410 e. The van der Waals surface area contributed by atoms with Crippen LogP contribution in [0.3, 0.4) is 0 Å². The van der Waals surface area contributed by atoms with E-state index in [4.69, 9.17) is 15.9 Å². The Morgan fingerprint density at radius 2 is 1.62 bits per heavy atom. The summed E-state index contributed by atoms with van der Waals surface area (Å²) >= 11 is 0. The number of hydrogen-bond acceptors (Lipinski definition) is 4. The molecule has 0 bridgehead atoms. The minimum absolute atomic E-state index is 0.154. The fraction of sp³-hybridized carbons (Fsp3) is 0.810. The molecule has 1 atom stereocenters.